The molecule has 36 heavy (non-hydrogen) atoms. The molecule has 2 aliphatic rings. The number of carbonyl (C=O) groups excluding carboxylic acids is 1. The molecule has 1 saturated heterocycles. The summed E-state index contributed by atoms with van der Waals surface area (Å²) in [6.07, 6.45) is -3.77. The normalized spacial score (nSPS) is 22.0. The zero-order valence-electron chi connectivity index (χ0n) is 18.9. The van der Waals surface area contributed by atoms with Gasteiger partial charge in [0.1, 0.15) is 34.7 Å². The number of halogens is 5. The van der Waals surface area contributed by atoms with E-state index in [1.165, 1.54) is 19.1 Å². The number of β-amino-alcohol motifs (C(OH)–C–C–N with tert-alkyl or cyclic N) is 1. The number of carbonyl (C=O) groups is 1. The highest BCUT2D eigenvalue weighted by Gasteiger charge is 2.59. The molecule has 3 heterocycles. The number of benzene rings is 1. The van der Waals surface area contributed by atoms with E-state index in [1.807, 2.05) is 0 Å². The Balaban J connectivity index is 1.67. The average Bonchev–Trinajstić information content (AvgIpc) is 3.33. The summed E-state index contributed by atoms with van der Waals surface area (Å²) in [7, 11) is 0. The number of aromatic nitrogens is 2. The summed E-state index contributed by atoms with van der Waals surface area (Å²) < 4.78 is 70.1. The number of nitrogens with zero attached hydrogens (tertiary/aromatic N) is 3. The van der Waals surface area contributed by atoms with Gasteiger partial charge in [0, 0.05) is 25.2 Å². The molecule has 3 aromatic rings. The number of amides is 1. The van der Waals surface area contributed by atoms with Crippen LogP contribution < -0.4 is 15.6 Å². The van der Waals surface area contributed by atoms with E-state index in [9.17, 15) is 36.6 Å². The van der Waals surface area contributed by atoms with Crippen molar-refractivity contribution in [1.82, 2.24) is 14.9 Å². The van der Waals surface area contributed by atoms with Gasteiger partial charge in [-0.05, 0) is 37.1 Å². The van der Waals surface area contributed by atoms with Gasteiger partial charge in [0.05, 0.1) is 11.0 Å². The van der Waals surface area contributed by atoms with Crippen molar-refractivity contribution in [2.24, 2.45) is 5.92 Å². The second-order valence-electron chi connectivity index (χ2n) is 9.21. The largest absolute Gasteiger partial charge is 0.408 e. The molecule has 2 aromatic heterocycles. The molecule has 1 aliphatic carbocycles. The summed E-state index contributed by atoms with van der Waals surface area (Å²) in [5, 5.41) is 11.9. The highest BCUT2D eigenvalue weighted by molar-refractivity contribution is 5.97. The highest BCUT2D eigenvalue weighted by Crippen LogP contribution is 2.50. The first-order valence-electron chi connectivity index (χ1n) is 11.3. The minimum absolute atomic E-state index is 0.0763. The van der Waals surface area contributed by atoms with Gasteiger partial charge in [-0.3, -0.25) is 14.2 Å². The number of hydrogen-bond acceptors (Lipinski definition) is 5. The standard InChI is InChI=1S/C24H21F5N4O3/c1-2-17(24(27,28)29)30-22(35)14-10-33(19-15(25)4-3-5-16(19)26)21-13(20(14)34)6-7-18(31-21)32-9-12-8-23(12,36)11-32/h3-7,10,12,17,36H,2,8-9,11H2,1H3,(H,30,35)/t12?,17-,23?/m0/s1. The number of alkyl halides is 3. The number of aliphatic hydroxyl groups is 1. The van der Waals surface area contributed by atoms with Crippen LogP contribution in [0, 0.1) is 17.6 Å². The van der Waals surface area contributed by atoms with Crippen molar-refractivity contribution in [3.05, 3.63) is 63.9 Å². The molecule has 7 nitrogen and oxygen atoms in total. The van der Waals surface area contributed by atoms with Crippen LogP contribution in [-0.2, 0) is 0 Å². The fourth-order valence-electron chi connectivity index (χ4n) is 4.70. The molecule has 0 radical (unpaired) electrons. The zero-order valence-corrected chi connectivity index (χ0v) is 18.9. The average molecular weight is 508 g/mol. The second-order valence-corrected chi connectivity index (χ2v) is 9.21. The predicted octanol–water partition coefficient (Wildman–Crippen LogP) is 3.31. The number of anilines is 1. The number of pyridine rings is 2. The summed E-state index contributed by atoms with van der Waals surface area (Å²) in [4.78, 5) is 32.1. The maximum absolute atomic E-state index is 14.8. The number of fused-ring (bicyclic) bond motifs is 2. The Labute approximate surface area is 201 Å². The number of nitrogens with one attached hydrogen (secondary N) is 1. The van der Waals surface area contributed by atoms with E-state index in [4.69, 9.17) is 0 Å². The Morgan fingerprint density at radius 1 is 1.25 bits per heavy atom. The first kappa shape index (κ1) is 24.2. The molecular formula is C24H21F5N4O3. The van der Waals surface area contributed by atoms with Crippen LogP contribution in [-0.4, -0.2) is 51.5 Å². The quantitative estimate of drug-likeness (QED) is 0.517. The van der Waals surface area contributed by atoms with Crippen LogP contribution in [0.5, 0.6) is 0 Å². The number of para-hydroxylation sites is 1. The smallest absolute Gasteiger partial charge is 0.388 e. The maximum Gasteiger partial charge on any atom is 0.408 e. The molecule has 2 unspecified atom stereocenters. The molecule has 12 heteroatoms. The fraction of sp³-hybridized carbons (Fsp3) is 0.375. The Morgan fingerprint density at radius 3 is 2.53 bits per heavy atom. The predicted molar refractivity (Wildman–Crippen MR) is 120 cm³/mol. The fourth-order valence-corrected chi connectivity index (χ4v) is 4.70. The van der Waals surface area contributed by atoms with E-state index in [1.54, 1.807) is 10.2 Å². The lowest BCUT2D eigenvalue weighted by atomic mass is 10.1. The lowest BCUT2D eigenvalue weighted by Crippen LogP contribution is -2.46. The monoisotopic (exact) mass is 508 g/mol. The second kappa shape index (κ2) is 8.26. The summed E-state index contributed by atoms with van der Waals surface area (Å²) in [6.45, 7) is 2.02. The molecule has 3 atom stereocenters. The molecule has 1 aliphatic heterocycles. The molecule has 1 amide bonds. The topological polar surface area (TPSA) is 87.5 Å². The van der Waals surface area contributed by atoms with Crippen LogP contribution in [0.15, 0.2) is 41.3 Å². The molecule has 2 N–H and O–H groups in total. The lowest BCUT2D eigenvalue weighted by molar-refractivity contribution is -0.153. The van der Waals surface area contributed by atoms with Crippen molar-refractivity contribution in [3.63, 3.8) is 0 Å². The van der Waals surface area contributed by atoms with Crippen molar-refractivity contribution >= 4 is 22.8 Å². The van der Waals surface area contributed by atoms with E-state index in [0.29, 0.717) is 25.3 Å². The van der Waals surface area contributed by atoms with Gasteiger partial charge < -0.3 is 15.3 Å². The first-order chi connectivity index (χ1) is 16.9. The summed E-state index contributed by atoms with van der Waals surface area (Å²) in [5.74, 6) is -2.97. The molecule has 190 valence electrons. The molecule has 1 saturated carbocycles. The van der Waals surface area contributed by atoms with Crippen LogP contribution in [0.4, 0.5) is 27.8 Å². The van der Waals surface area contributed by atoms with Gasteiger partial charge >= 0.3 is 6.18 Å². The third kappa shape index (κ3) is 3.98. The number of rotatable bonds is 5. The summed E-state index contributed by atoms with van der Waals surface area (Å²) >= 11 is 0. The van der Waals surface area contributed by atoms with Gasteiger partial charge in [0.25, 0.3) is 5.91 Å². The Morgan fingerprint density at radius 2 is 1.94 bits per heavy atom. The van der Waals surface area contributed by atoms with Gasteiger partial charge in [0.2, 0.25) is 5.43 Å². The van der Waals surface area contributed by atoms with Crippen molar-refractivity contribution in [1.29, 1.82) is 0 Å². The number of hydrogen-bond donors (Lipinski definition) is 2. The molecule has 0 bridgehead atoms. The molecular weight excluding hydrogens is 487 g/mol. The maximum atomic E-state index is 14.8. The van der Waals surface area contributed by atoms with Crippen molar-refractivity contribution < 1.29 is 31.9 Å². The minimum atomic E-state index is -4.76. The van der Waals surface area contributed by atoms with Crippen molar-refractivity contribution in [2.45, 2.75) is 37.6 Å². The number of piperidine rings is 1. The summed E-state index contributed by atoms with van der Waals surface area (Å²) in [5.41, 5.74) is -3.31. The van der Waals surface area contributed by atoms with Gasteiger partial charge in [-0.25, -0.2) is 13.8 Å². The first-order valence-corrected chi connectivity index (χ1v) is 11.3. The minimum Gasteiger partial charge on any atom is -0.388 e. The zero-order chi connectivity index (χ0) is 26.0. The van der Waals surface area contributed by atoms with Gasteiger partial charge in [-0.15, -0.1) is 0 Å². The van der Waals surface area contributed by atoms with Gasteiger partial charge in [0.15, 0.2) is 5.65 Å². The molecule has 5 rings (SSSR count). The van der Waals surface area contributed by atoms with Crippen molar-refractivity contribution in [3.8, 4) is 5.69 Å². The van der Waals surface area contributed by atoms with Gasteiger partial charge in [-0.2, -0.15) is 13.2 Å². The van der Waals surface area contributed by atoms with Crippen molar-refractivity contribution in [2.75, 3.05) is 18.0 Å². The Bertz CT molecular complexity index is 1420. The van der Waals surface area contributed by atoms with Crippen LogP contribution in [0.2, 0.25) is 0 Å². The van der Waals surface area contributed by atoms with Gasteiger partial charge in [-0.1, -0.05) is 13.0 Å². The van der Waals surface area contributed by atoms with E-state index in [2.05, 4.69) is 4.98 Å². The van der Waals surface area contributed by atoms with E-state index in [0.717, 1.165) is 29.0 Å². The van der Waals surface area contributed by atoms with Crippen LogP contribution in [0.3, 0.4) is 0 Å². The van der Waals surface area contributed by atoms with E-state index >= 15 is 0 Å². The Kier molecular flexibility index (Phi) is 5.54. The third-order valence-corrected chi connectivity index (χ3v) is 6.80. The molecule has 1 aromatic carbocycles. The van der Waals surface area contributed by atoms with E-state index < -0.39 is 58.5 Å². The summed E-state index contributed by atoms with van der Waals surface area (Å²) in [6, 6.07) is 3.61. The lowest BCUT2D eigenvalue weighted by Gasteiger charge is -2.22. The third-order valence-electron chi connectivity index (χ3n) is 6.80. The Hall–Kier alpha value is -3.54. The van der Waals surface area contributed by atoms with E-state index in [-0.39, 0.29) is 17.0 Å². The molecule has 2 fully saturated rings. The highest BCUT2D eigenvalue weighted by atomic mass is 19.4. The van der Waals surface area contributed by atoms with Crippen LogP contribution in [0.25, 0.3) is 16.7 Å². The SMILES string of the molecule is CC[C@H](NC(=O)c1cn(-c2c(F)cccc2F)c2nc(N3CC4CC4(O)C3)ccc2c1=O)C(F)(F)F. The van der Waals surface area contributed by atoms with Crippen LogP contribution in [0.1, 0.15) is 30.1 Å². The van der Waals surface area contributed by atoms with Crippen LogP contribution >= 0.6 is 0 Å². The molecule has 0 spiro atoms.